The van der Waals surface area contributed by atoms with Crippen molar-refractivity contribution in [1.82, 2.24) is 9.97 Å². The minimum absolute atomic E-state index is 0. The number of benzene rings is 4. The number of hydrogen-bond donors (Lipinski definition) is 1. The van der Waals surface area contributed by atoms with E-state index in [0.717, 1.165) is 81.7 Å². The topological polar surface area (TPSA) is 63.1 Å². The number of carbonyl (C=O) groups is 1. The molecule has 0 fully saturated rings. The Balaban J connectivity index is 0.000000244. The van der Waals surface area contributed by atoms with Gasteiger partial charge in [0.15, 0.2) is 5.78 Å². The summed E-state index contributed by atoms with van der Waals surface area (Å²) >= 11 is 0. The van der Waals surface area contributed by atoms with Gasteiger partial charge in [-0.15, -0.1) is 70.8 Å². The number of ketones is 1. The molecule has 2 heterocycles. The third-order valence-corrected chi connectivity index (χ3v) is 11.7. The number of carbonyl (C=O) groups excluding carboxylic acids is 1. The Morgan fingerprint density at radius 2 is 1.41 bits per heavy atom. The number of halogens is 2. The Morgan fingerprint density at radius 1 is 0.763 bits per heavy atom. The molecule has 0 amide bonds. The summed E-state index contributed by atoms with van der Waals surface area (Å²) in [6, 6.07) is 28.6. The third-order valence-electron chi connectivity index (χ3n) is 11.7. The minimum atomic E-state index is -0.576. The maximum atomic E-state index is 14.2. The van der Waals surface area contributed by atoms with Crippen LogP contribution in [0.5, 0.6) is 0 Å². The molecule has 6 rings (SSSR count). The average molecular weight is 975 g/mol. The SMILES string of the molecule is CC(C)(C)c1ccnc(-c2[c-]cccc2)c1.CCC(C)(CC)C(=O)C=C(O)C(C)(CC)CC.Cc1[c-]c(-c2ncc(C)c3c2ccc2c(F)cc(F)cc23)cc(C)c1.[Ir]. The van der Waals surface area contributed by atoms with Crippen LogP contribution in [0.1, 0.15) is 110 Å². The monoisotopic (exact) mass is 975 g/mol. The summed E-state index contributed by atoms with van der Waals surface area (Å²) in [5.41, 5.74) is 7.61. The molecular weight excluding hydrogens is 915 g/mol. The first-order valence-electron chi connectivity index (χ1n) is 20.4. The molecule has 2 aromatic heterocycles. The first kappa shape index (κ1) is 48.8. The zero-order valence-electron chi connectivity index (χ0n) is 36.8. The van der Waals surface area contributed by atoms with Crippen molar-refractivity contribution in [1.29, 1.82) is 0 Å². The van der Waals surface area contributed by atoms with Crippen molar-refractivity contribution in [3.05, 3.63) is 143 Å². The molecule has 0 bridgehead atoms. The van der Waals surface area contributed by atoms with Crippen LogP contribution in [0.3, 0.4) is 0 Å². The van der Waals surface area contributed by atoms with Gasteiger partial charge in [0.2, 0.25) is 0 Å². The quantitative estimate of drug-likeness (QED) is 0.0679. The van der Waals surface area contributed by atoms with Gasteiger partial charge in [-0.05, 0) is 88.8 Å². The first-order chi connectivity index (χ1) is 27.3. The van der Waals surface area contributed by atoms with Gasteiger partial charge in [-0.1, -0.05) is 94.4 Å². The van der Waals surface area contributed by atoms with Crippen molar-refractivity contribution in [2.75, 3.05) is 0 Å². The van der Waals surface area contributed by atoms with E-state index in [1.807, 2.05) is 105 Å². The Hall–Kier alpha value is -4.58. The molecule has 0 atom stereocenters. The zero-order valence-corrected chi connectivity index (χ0v) is 39.2. The van der Waals surface area contributed by atoms with Crippen molar-refractivity contribution in [3.63, 3.8) is 0 Å². The average Bonchev–Trinajstić information content (AvgIpc) is 3.20. The summed E-state index contributed by atoms with van der Waals surface area (Å²) in [4.78, 5) is 21.2. The molecule has 7 heteroatoms. The van der Waals surface area contributed by atoms with E-state index in [2.05, 4.69) is 61.1 Å². The zero-order chi connectivity index (χ0) is 43.0. The van der Waals surface area contributed by atoms with E-state index in [9.17, 15) is 18.7 Å². The van der Waals surface area contributed by atoms with Gasteiger partial charge in [0.05, 0.1) is 0 Å². The van der Waals surface area contributed by atoms with E-state index < -0.39 is 11.6 Å². The molecule has 4 nitrogen and oxygen atoms in total. The number of aliphatic hydroxyl groups excluding tert-OH is 1. The second-order valence-electron chi connectivity index (χ2n) is 16.9. The number of aryl methyl sites for hydroxylation is 3. The number of hydrogen-bond acceptors (Lipinski definition) is 4. The Kier molecular flexibility index (Phi) is 17.0. The molecule has 0 aliphatic carbocycles. The van der Waals surface area contributed by atoms with Crippen LogP contribution in [-0.4, -0.2) is 20.9 Å². The molecule has 315 valence electrons. The van der Waals surface area contributed by atoms with Crippen LogP contribution >= 0.6 is 0 Å². The van der Waals surface area contributed by atoms with Gasteiger partial charge in [-0.2, -0.15) is 0 Å². The summed E-state index contributed by atoms with van der Waals surface area (Å²) < 4.78 is 28.0. The summed E-state index contributed by atoms with van der Waals surface area (Å²) in [6.45, 7) is 24.6. The maximum absolute atomic E-state index is 14.2. The number of aromatic nitrogens is 2. The second kappa shape index (κ2) is 20.6. The van der Waals surface area contributed by atoms with Gasteiger partial charge < -0.3 is 15.1 Å². The van der Waals surface area contributed by atoms with Crippen molar-refractivity contribution in [3.8, 4) is 22.5 Å². The second-order valence-corrected chi connectivity index (χ2v) is 16.9. The molecule has 0 spiro atoms. The summed E-state index contributed by atoms with van der Waals surface area (Å²) in [5.74, 6) is -0.838. The molecular formula is C52H60F2IrN2O2-2. The van der Waals surface area contributed by atoms with Crippen molar-refractivity contribution in [2.45, 2.75) is 114 Å². The van der Waals surface area contributed by atoms with E-state index in [-0.39, 0.29) is 47.9 Å². The molecule has 0 unspecified atom stereocenters. The van der Waals surface area contributed by atoms with Crippen molar-refractivity contribution in [2.24, 2.45) is 10.8 Å². The van der Waals surface area contributed by atoms with Crippen LogP contribution in [0.2, 0.25) is 0 Å². The Bertz CT molecular complexity index is 2370. The number of nitrogens with zero attached hydrogens (tertiary/aromatic N) is 2. The van der Waals surface area contributed by atoms with Crippen LogP contribution in [0.15, 0.2) is 97.0 Å². The van der Waals surface area contributed by atoms with Crippen LogP contribution in [0.25, 0.3) is 44.1 Å². The third kappa shape index (κ3) is 11.8. The molecule has 0 saturated carbocycles. The molecule has 0 aliphatic heterocycles. The van der Waals surface area contributed by atoms with Gasteiger partial charge >= 0.3 is 0 Å². The van der Waals surface area contributed by atoms with Gasteiger partial charge in [0.1, 0.15) is 17.4 Å². The minimum Gasteiger partial charge on any atom is -0.512 e. The molecule has 1 N–H and O–H groups in total. The smallest absolute Gasteiger partial charge is 0.164 e. The molecule has 0 aliphatic rings. The van der Waals surface area contributed by atoms with Gasteiger partial charge in [-0.3, -0.25) is 4.79 Å². The summed E-state index contributed by atoms with van der Waals surface area (Å²) in [5, 5.41) is 12.8. The number of fused-ring (bicyclic) bond motifs is 3. The van der Waals surface area contributed by atoms with E-state index in [1.54, 1.807) is 12.3 Å². The predicted molar refractivity (Wildman–Crippen MR) is 238 cm³/mol. The number of allylic oxidation sites excluding steroid dienone is 2. The van der Waals surface area contributed by atoms with E-state index >= 15 is 0 Å². The van der Waals surface area contributed by atoms with Crippen LogP contribution < -0.4 is 0 Å². The van der Waals surface area contributed by atoms with Gasteiger partial charge in [0.25, 0.3) is 0 Å². The number of pyridine rings is 2. The van der Waals surface area contributed by atoms with E-state index in [1.165, 1.54) is 17.7 Å². The fourth-order valence-corrected chi connectivity index (χ4v) is 6.79. The van der Waals surface area contributed by atoms with E-state index in [0.29, 0.717) is 10.8 Å². The molecule has 4 aromatic carbocycles. The predicted octanol–water partition coefficient (Wildman–Crippen LogP) is 14.6. The number of rotatable bonds is 9. The van der Waals surface area contributed by atoms with Crippen LogP contribution in [0.4, 0.5) is 8.78 Å². The molecule has 1 radical (unpaired) electrons. The molecule has 0 saturated heterocycles. The summed E-state index contributed by atoms with van der Waals surface area (Å²) in [6.07, 6.45) is 8.38. The summed E-state index contributed by atoms with van der Waals surface area (Å²) in [7, 11) is 0. The van der Waals surface area contributed by atoms with Gasteiger partial charge in [0, 0.05) is 60.9 Å². The van der Waals surface area contributed by atoms with Crippen molar-refractivity contribution >= 4 is 27.3 Å². The standard InChI is InChI=1S/C22H16F2N.C15H16N.C15H28O2.Ir/c1-12-6-13(2)8-15(7-12)22-18-5-4-17-19(9-16(23)10-20(17)24)21(18)14(3)11-25-22;1-15(2,3)13-9-10-16-14(11-13)12-7-5-4-6-8-12;1-7-14(5,8-2)12(16)11-13(17)15(6,9-3)10-4;/h4-7,9-11H,1-3H3;4-7,9-11H,1-3H3;11,16H,7-10H2,1-6H3;/q2*-1;;. The van der Waals surface area contributed by atoms with Crippen LogP contribution in [-0.2, 0) is 30.3 Å². The first-order valence-corrected chi connectivity index (χ1v) is 20.4. The normalized spacial score (nSPS) is 11.9. The number of aliphatic hydroxyl groups is 1. The van der Waals surface area contributed by atoms with Gasteiger partial charge in [-0.25, -0.2) is 8.78 Å². The maximum Gasteiger partial charge on any atom is 0.164 e. The van der Waals surface area contributed by atoms with Crippen LogP contribution in [0, 0.1) is 55.4 Å². The molecule has 59 heavy (non-hydrogen) atoms. The fourth-order valence-electron chi connectivity index (χ4n) is 6.79. The van der Waals surface area contributed by atoms with Crippen molar-refractivity contribution < 1.29 is 38.8 Å². The Labute approximate surface area is 365 Å². The van der Waals surface area contributed by atoms with E-state index in [4.69, 9.17) is 0 Å². The Morgan fingerprint density at radius 3 is 1.98 bits per heavy atom. The largest absolute Gasteiger partial charge is 0.512 e. The molecule has 6 aromatic rings. The fraction of sp³-hybridized carbons (Fsp3) is 0.365.